The van der Waals surface area contributed by atoms with Gasteiger partial charge < -0.3 is 4.98 Å². The Hall–Kier alpha value is -0.970. The first-order chi connectivity index (χ1) is 7.99. The summed E-state index contributed by atoms with van der Waals surface area (Å²) in [5.74, 6) is 0.555. The Morgan fingerprint density at radius 2 is 2.00 bits per heavy atom. The van der Waals surface area contributed by atoms with Crippen LogP contribution in [0.2, 0.25) is 10.0 Å². The molecule has 17 heavy (non-hydrogen) atoms. The number of aromatic amines is 1. The first kappa shape index (κ1) is 12.5. The number of rotatable bonds is 1. The highest BCUT2D eigenvalue weighted by atomic mass is 35.5. The largest absolute Gasteiger partial charge is 0.342 e. The van der Waals surface area contributed by atoms with Gasteiger partial charge in [-0.05, 0) is 19.9 Å². The molecule has 0 aliphatic rings. The van der Waals surface area contributed by atoms with Gasteiger partial charge in [0.1, 0.15) is 10.3 Å². The summed E-state index contributed by atoms with van der Waals surface area (Å²) >= 11 is 17.0. The van der Waals surface area contributed by atoms with Crippen molar-refractivity contribution in [3.63, 3.8) is 0 Å². The van der Waals surface area contributed by atoms with Crippen molar-refractivity contribution in [3.05, 3.63) is 38.2 Å². The quantitative estimate of drug-likeness (QED) is 0.801. The zero-order chi connectivity index (χ0) is 12.6. The van der Waals surface area contributed by atoms with Crippen LogP contribution in [-0.4, -0.2) is 15.0 Å². The van der Waals surface area contributed by atoms with E-state index in [0.29, 0.717) is 26.2 Å². The molecule has 88 valence electrons. The average molecular weight is 286 g/mol. The summed E-state index contributed by atoms with van der Waals surface area (Å²) in [6.07, 6.45) is 1.52. The Labute approximate surface area is 114 Å². The molecule has 0 fully saturated rings. The summed E-state index contributed by atoms with van der Waals surface area (Å²) in [6.45, 7) is 3.85. The molecule has 0 aromatic carbocycles. The van der Waals surface area contributed by atoms with E-state index >= 15 is 0 Å². The van der Waals surface area contributed by atoms with Crippen molar-refractivity contribution in [1.82, 2.24) is 15.0 Å². The van der Waals surface area contributed by atoms with Crippen molar-refractivity contribution in [2.24, 2.45) is 0 Å². The maximum absolute atomic E-state index is 6.07. The summed E-state index contributed by atoms with van der Waals surface area (Å²) < 4.78 is 0.545. The van der Waals surface area contributed by atoms with Gasteiger partial charge in [-0.2, -0.15) is 0 Å². The Morgan fingerprint density at radius 3 is 2.59 bits per heavy atom. The van der Waals surface area contributed by atoms with E-state index in [1.165, 1.54) is 6.20 Å². The zero-order valence-corrected chi connectivity index (χ0v) is 11.5. The first-order valence-electron chi connectivity index (χ1n) is 4.88. The van der Waals surface area contributed by atoms with E-state index in [9.17, 15) is 0 Å². The highest BCUT2D eigenvalue weighted by Crippen LogP contribution is 2.25. The third kappa shape index (κ3) is 2.49. The minimum absolute atomic E-state index is 0.443. The molecule has 0 bridgehead atoms. The van der Waals surface area contributed by atoms with E-state index in [-0.39, 0.29) is 0 Å². The average Bonchev–Trinajstić information content (AvgIpc) is 2.25. The second kappa shape index (κ2) is 4.72. The molecule has 0 saturated heterocycles. The van der Waals surface area contributed by atoms with E-state index in [0.717, 1.165) is 11.3 Å². The molecule has 3 nitrogen and oxygen atoms in total. The maximum atomic E-state index is 6.07. The summed E-state index contributed by atoms with van der Waals surface area (Å²) in [4.78, 5) is 11.5. The number of H-pyrrole nitrogens is 1. The molecule has 0 aliphatic heterocycles. The van der Waals surface area contributed by atoms with Gasteiger partial charge in [-0.3, -0.25) is 0 Å². The lowest BCUT2D eigenvalue weighted by atomic mass is 10.2. The third-order valence-electron chi connectivity index (χ3n) is 2.43. The maximum Gasteiger partial charge on any atom is 0.159 e. The van der Waals surface area contributed by atoms with Crippen molar-refractivity contribution >= 4 is 35.4 Å². The van der Waals surface area contributed by atoms with Gasteiger partial charge in [-0.25, -0.2) is 9.97 Å². The van der Waals surface area contributed by atoms with Crippen LogP contribution in [-0.2, 0) is 0 Å². The van der Waals surface area contributed by atoms with Crippen LogP contribution < -0.4 is 0 Å². The summed E-state index contributed by atoms with van der Waals surface area (Å²) in [5, 5.41) is 0.931. The normalized spacial score (nSPS) is 10.6. The summed E-state index contributed by atoms with van der Waals surface area (Å²) in [6, 6.07) is 1.62. The molecule has 2 heterocycles. The van der Waals surface area contributed by atoms with Gasteiger partial charge in [0.25, 0.3) is 0 Å². The molecule has 0 unspecified atom stereocenters. The number of hydrogen-bond acceptors (Lipinski definition) is 3. The van der Waals surface area contributed by atoms with Gasteiger partial charge in [-0.15, -0.1) is 0 Å². The number of nitrogens with zero attached hydrogens (tertiary/aromatic N) is 2. The van der Waals surface area contributed by atoms with Crippen molar-refractivity contribution in [2.45, 2.75) is 13.8 Å². The van der Waals surface area contributed by atoms with E-state index in [4.69, 9.17) is 35.4 Å². The molecule has 0 atom stereocenters. The Kier molecular flexibility index (Phi) is 3.47. The Balaban J connectivity index is 2.65. The second-order valence-electron chi connectivity index (χ2n) is 3.62. The predicted octanol–water partition coefficient (Wildman–Crippen LogP) is 4.12. The van der Waals surface area contributed by atoms with Gasteiger partial charge in [-0.1, -0.05) is 35.4 Å². The van der Waals surface area contributed by atoms with Crippen molar-refractivity contribution in [3.8, 4) is 11.5 Å². The lowest BCUT2D eigenvalue weighted by Gasteiger charge is -2.06. The molecule has 6 heteroatoms. The second-order valence-corrected chi connectivity index (χ2v) is 4.85. The van der Waals surface area contributed by atoms with Crippen LogP contribution in [0.15, 0.2) is 12.3 Å². The molecule has 0 spiro atoms. The fraction of sp³-hybridized carbons (Fsp3) is 0.182. The standard InChI is InChI=1S/C11H9Cl2N3S/c1-5-6(2)15-10(16-11(5)17)9-8(13)3-7(12)4-14-9/h3-4H,1-2H3,(H,15,16,17). The lowest BCUT2D eigenvalue weighted by Crippen LogP contribution is -1.98. The van der Waals surface area contributed by atoms with Crippen LogP contribution in [0.25, 0.3) is 11.5 Å². The van der Waals surface area contributed by atoms with Crippen molar-refractivity contribution in [1.29, 1.82) is 0 Å². The Morgan fingerprint density at radius 1 is 1.29 bits per heavy atom. The topological polar surface area (TPSA) is 41.6 Å². The summed E-state index contributed by atoms with van der Waals surface area (Å²) in [5.41, 5.74) is 2.45. The molecule has 0 amide bonds. The smallest absolute Gasteiger partial charge is 0.159 e. The molecule has 0 aliphatic carbocycles. The third-order valence-corrected chi connectivity index (χ3v) is 3.33. The Bertz CT molecular complexity index is 637. The number of halogens is 2. The van der Waals surface area contributed by atoms with Crippen molar-refractivity contribution in [2.75, 3.05) is 0 Å². The molecular formula is C11H9Cl2N3S. The molecule has 2 aromatic rings. The van der Waals surface area contributed by atoms with Gasteiger partial charge in [0, 0.05) is 17.5 Å². The minimum Gasteiger partial charge on any atom is -0.342 e. The molecule has 2 aromatic heterocycles. The number of hydrogen-bond donors (Lipinski definition) is 1. The SMILES string of the molecule is Cc1[nH]c(-c2ncc(Cl)cc2Cl)nc(=S)c1C. The van der Waals surface area contributed by atoms with E-state index in [1.807, 2.05) is 13.8 Å². The molecule has 2 rings (SSSR count). The highest BCUT2D eigenvalue weighted by Gasteiger charge is 2.09. The molecule has 0 saturated carbocycles. The van der Waals surface area contributed by atoms with Gasteiger partial charge in [0.05, 0.1) is 10.0 Å². The van der Waals surface area contributed by atoms with E-state index in [2.05, 4.69) is 15.0 Å². The number of aryl methyl sites for hydroxylation is 1. The zero-order valence-electron chi connectivity index (χ0n) is 9.21. The van der Waals surface area contributed by atoms with Gasteiger partial charge >= 0.3 is 0 Å². The van der Waals surface area contributed by atoms with Crippen LogP contribution in [0.1, 0.15) is 11.3 Å². The fourth-order valence-electron chi connectivity index (χ4n) is 1.35. The lowest BCUT2D eigenvalue weighted by molar-refractivity contribution is 1.04. The van der Waals surface area contributed by atoms with Crippen molar-refractivity contribution < 1.29 is 0 Å². The first-order valence-corrected chi connectivity index (χ1v) is 6.04. The number of nitrogens with one attached hydrogen (secondary N) is 1. The minimum atomic E-state index is 0.443. The molecule has 1 N–H and O–H groups in total. The van der Waals surface area contributed by atoms with Crippen LogP contribution >= 0.6 is 35.4 Å². The summed E-state index contributed by atoms with van der Waals surface area (Å²) in [7, 11) is 0. The van der Waals surface area contributed by atoms with E-state index in [1.54, 1.807) is 6.07 Å². The highest BCUT2D eigenvalue weighted by molar-refractivity contribution is 7.71. The number of aromatic nitrogens is 3. The molecular weight excluding hydrogens is 277 g/mol. The molecule has 0 radical (unpaired) electrons. The van der Waals surface area contributed by atoms with Crippen LogP contribution in [0.3, 0.4) is 0 Å². The van der Waals surface area contributed by atoms with Crippen LogP contribution in [0.4, 0.5) is 0 Å². The fourth-order valence-corrected chi connectivity index (χ4v) is 2.06. The monoisotopic (exact) mass is 285 g/mol. The van der Waals surface area contributed by atoms with Gasteiger partial charge in [0.2, 0.25) is 0 Å². The predicted molar refractivity (Wildman–Crippen MR) is 72.1 cm³/mol. The van der Waals surface area contributed by atoms with Gasteiger partial charge in [0.15, 0.2) is 5.82 Å². The van der Waals surface area contributed by atoms with E-state index < -0.39 is 0 Å². The van der Waals surface area contributed by atoms with Crippen LogP contribution in [0.5, 0.6) is 0 Å². The number of pyridine rings is 1. The van der Waals surface area contributed by atoms with Crippen LogP contribution in [0, 0.1) is 18.5 Å².